The summed E-state index contributed by atoms with van der Waals surface area (Å²) >= 11 is 1.82. The van der Waals surface area contributed by atoms with Gasteiger partial charge in [-0.05, 0) is 24.6 Å². The van der Waals surface area contributed by atoms with Crippen LogP contribution in [-0.2, 0) is 0 Å². The van der Waals surface area contributed by atoms with Crippen LogP contribution in [0.4, 0.5) is 4.79 Å². The molecule has 5 heteroatoms. The first-order valence-electron chi connectivity index (χ1n) is 6.83. The van der Waals surface area contributed by atoms with Crippen LogP contribution in [0, 0.1) is 0 Å². The molecule has 1 rings (SSSR count). The van der Waals surface area contributed by atoms with Crippen LogP contribution in [0.5, 0.6) is 0 Å². The van der Waals surface area contributed by atoms with Gasteiger partial charge in [0.15, 0.2) is 0 Å². The largest absolute Gasteiger partial charge is 0.395 e. The Kier molecular flexibility index (Phi) is 6.88. The van der Waals surface area contributed by atoms with Crippen molar-refractivity contribution in [1.82, 2.24) is 10.2 Å². The van der Waals surface area contributed by atoms with Gasteiger partial charge in [-0.1, -0.05) is 26.0 Å². The number of thioether (sulfide) groups is 1. The first-order valence-corrected chi connectivity index (χ1v) is 7.71. The van der Waals surface area contributed by atoms with Gasteiger partial charge in [0, 0.05) is 23.7 Å². The lowest BCUT2D eigenvalue weighted by molar-refractivity contribution is 0.188. The number of urea groups is 1. The predicted octanol–water partition coefficient (Wildman–Crippen LogP) is 2.88. The van der Waals surface area contributed by atoms with Gasteiger partial charge in [-0.2, -0.15) is 0 Å². The Balaban J connectivity index is 2.59. The molecule has 0 bridgehead atoms. The molecule has 2 amide bonds. The molecular formula is C15H24N2O2S. The lowest BCUT2D eigenvalue weighted by Crippen LogP contribution is -2.39. The zero-order valence-electron chi connectivity index (χ0n) is 12.6. The number of carbonyl (C=O) groups is 1. The van der Waals surface area contributed by atoms with Crippen molar-refractivity contribution < 1.29 is 9.90 Å². The predicted molar refractivity (Wildman–Crippen MR) is 84.1 cm³/mol. The third-order valence-electron chi connectivity index (χ3n) is 2.87. The first-order chi connectivity index (χ1) is 9.43. The van der Waals surface area contributed by atoms with Gasteiger partial charge in [-0.25, -0.2) is 4.79 Å². The minimum Gasteiger partial charge on any atom is -0.395 e. The summed E-state index contributed by atoms with van der Waals surface area (Å²) in [5.74, 6) is 0. The minimum absolute atomic E-state index is 0.0283. The topological polar surface area (TPSA) is 52.6 Å². The highest BCUT2D eigenvalue weighted by Crippen LogP contribution is 2.24. The van der Waals surface area contributed by atoms with Gasteiger partial charge in [-0.15, -0.1) is 11.8 Å². The molecule has 0 aromatic heterocycles. The standard InChI is InChI=1S/C15H24N2O2S/c1-11(2)20-14-7-5-13(6-8-14)12(3)16-15(19)17(4)9-10-18/h5-8,11-12,18H,9-10H2,1-4H3,(H,16,19). The average molecular weight is 296 g/mol. The number of aliphatic hydroxyl groups excluding tert-OH is 1. The van der Waals surface area contributed by atoms with Crippen molar-refractivity contribution >= 4 is 17.8 Å². The second kappa shape index (κ2) is 8.17. The molecule has 112 valence electrons. The van der Waals surface area contributed by atoms with E-state index in [2.05, 4.69) is 31.3 Å². The fraction of sp³-hybridized carbons (Fsp3) is 0.533. The van der Waals surface area contributed by atoms with Crippen LogP contribution in [-0.4, -0.2) is 41.5 Å². The zero-order valence-corrected chi connectivity index (χ0v) is 13.4. The van der Waals surface area contributed by atoms with Crippen molar-refractivity contribution in [3.63, 3.8) is 0 Å². The maximum atomic E-state index is 11.8. The number of carbonyl (C=O) groups excluding carboxylic acids is 1. The Morgan fingerprint density at radius 3 is 2.40 bits per heavy atom. The van der Waals surface area contributed by atoms with Crippen molar-refractivity contribution in [2.24, 2.45) is 0 Å². The van der Waals surface area contributed by atoms with Crippen LogP contribution >= 0.6 is 11.8 Å². The monoisotopic (exact) mass is 296 g/mol. The van der Waals surface area contributed by atoms with Crippen LogP contribution in [0.15, 0.2) is 29.2 Å². The number of aliphatic hydroxyl groups is 1. The van der Waals surface area contributed by atoms with E-state index in [0.717, 1.165) is 5.56 Å². The molecule has 0 spiro atoms. The van der Waals surface area contributed by atoms with Crippen molar-refractivity contribution in [2.45, 2.75) is 37.0 Å². The number of benzene rings is 1. The maximum Gasteiger partial charge on any atom is 0.317 e. The lowest BCUT2D eigenvalue weighted by Gasteiger charge is -2.21. The molecule has 1 atom stereocenters. The molecule has 1 aromatic carbocycles. The number of nitrogens with zero attached hydrogens (tertiary/aromatic N) is 1. The maximum absolute atomic E-state index is 11.8. The number of hydrogen-bond donors (Lipinski definition) is 2. The third-order valence-corrected chi connectivity index (χ3v) is 3.89. The van der Waals surface area contributed by atoms with E-state index >= 15 is 0 Å². The van der Waals surface area contributed by atoms with E-state index in [0.29, 0.717) is 11.8 Å². The van der Waals surface area contributed by atoms with Gasteiger partial charge in [0.2, 0.25) is 0 Å². The smallest absolute Gasteiger partial charge is 0.317 e. The summed E-state index contributed by atoms with van der Waals surface area (Å²) in [6.07, 6.45) is 0. The quantitative estimate of drug-likeness (QED) is 0.794. The molecule has 0 saturated heterocycles. The number of likely N-dealkylation sites (N-methyl/N-ethyl adjacent to an activating group) is 1. The highest BCUT2D eigenvalue weighted by atomic mass is 32.2. The van der Waals surface area contributed by atoms with E-state index < -0.39 is 0 Å². The summed E-state index contributed by atoms with van der Waals surface area (Å²) in [6.45, 7) is 6.59. The van der Waals surface area contributed by atoms with E-state index in [4.69, 9.17) is 5.11 Å². The van der Waals surface area contributed by atoms with Crippen molar-refractivity contribution in [1.29, 1.82) is 0 Å². The molecule has 0 saturated carbocycles. The fourth-order valence-electron chi connectivity index (χ4n) is 1.74. The van der Waals surface area contributed by atoms with E-state index in [1.54, 1.807) is 7.05 Å². The third kappa shape index (κ3) is 5.43. The van der Waals surface area contributed by atoms with Crippen molar-refractivity contribution in [3.8, 4) is 0 Å². The normalized spacial score (nSPS) is 12.3. The van der Waals surface area contributed by atoms with Gasteiger partial charge in [0.1, 0.15) is 0 Å². The molecule has 0 aliphatic rings. The van der Waals surface area contributed by atoms with Crippen LogP contribution < -0.4 is 5.32 Å². The number of hydrogen-bond acceptors (Lipinski definition) is 3. The zero-order chi connectivity index (χ0) is 15.1. The van der Waals surface area contributed by atoms with Crippen molar-refractivity contribution in [2.75, 3.05) is 20.2 Å². The van der Waals surface area contributed by atoms with E-state index in [-0.39, 0.29) is 18.7 Å². The minimum atomic E-state index is -0.174. The van der Waals surface area contributed by atoms with Gasteiger partial charge >= 0.3 is 6.03 Å². The van der Waals surface area contributed by atoms with Gasteiger partial charge in [0.25, 0.3) is 0 Å². The van der Waals surface area contributed by atoms with Gasteiger partial charge < -0.3 is 15.3 Å². The van der Waals surface area contributed by atoms with Crippen LogP contribution in [0.3, 0.4) is 0 Å². The van der Waals surface area contributed by atoms with Crippen LogP contribution in [0.2, 0.25) is 0 Å². The van der Waals surface area contributed by atoms with Gasteiger partial charge in [0.05, 0.1) is 12.6 Å². The molecule has 20 heavy (non-hydrogen) atoms. The Hall–Kier alpha value is -1.20. The summed E-state index contributed by atoms with van der Waals surface area (Å²) in [4.78, 5) is 14.5. The molecule has 0 aliphatic heterocycles. The first kappa shape index (κ1) is 16.9. The van der Waals surface area contributed by atoms with E-state index in [1.807, 2.05) is 30.8 Å². The average Bonchev–Trinajstić information content (AvgIpc) is 2.39. The summed E-state index contributed by atoms with van der Waals surface area (Å²) in [5.41, 5.74) is 1.07. The molecule has 2 N–H and O–H groups in total. The SMILES string of the molecule is CC(C)Sc1ccc(C(C)NC(=O)N(C)CCO)cc1. The molecule has 1 unspecified atom stereocenters. The molecule has 0 fully saturated rings. The molecule has 0 aliphatic carbocycles. The summed E-state index contributed by atoms with van der Waals surface area (Å²) in [5, 5.41) is 12.3. The molecular weight excluding hydrogens is 272 g/mol. The summed E-state index contributed by atoms with van der Waals surface area (Å²) < 4.78 is 0. The van der Waals surface area contributed by atoms with E-state index in [9.17, 15) is 4.79 Å². The highest BCUT2D eigenvalue weighted by Gasteiger charge is 2.12. The Bertz CT molecular complexity index is 420. The number of nitrogens with one attached hydrogen (secondary N) is 1. The van der Waals surface area contributed by atoms with Crippen LogP contribution in [0.1, 0.15) is 32.4 Å². The number of rotatable bonds is 6. The Labute approximate surface area is 125 Å². The molecule has 0 radical (unpaired) electrons. The second-order valence-corrected chi connectivity index (χ2v) is 6.70. The molecule has 4 nitrogen and oxygen atoms in total. The molecule has 1 aromatic rings. The van der Waals surface area contributed by atoms with Gasteiger partial charge in [-0.3, -0.25) is 0 Å². The Morgan fingerprint density at radius 2 is 1.90 bits per heavy atom. The Morgan fingerprint density at radius 1 is 1.30 bits per heavy atom. The fourth-order valence-corrected chi connectivity index (χ4v) is 2.58. The lowest BCUT2D eigenvalue weighted by atomic mass is 10.1. The van der Waals surface area contributed by atoms with E-state index in [1.165, 1.54) is 9.80 Å². The summed E-state index contributed by atoms with van der Waals surface area (Å²) in [6, 6.07) is 8.03. The van der Waals surface area contributed by atoms with Crippen molar-refractivity contribution in [3.05, 3.63) is 29.8 Å². The number of amides is 2. The highest BCUT2D eigenvalue weighted by molar-refractivity contribution is 7.99. The van der Waals surface area contributed by atoms with Crippen LogP contribution in [0.25, 0.3) is 0 Å². The second-order valence-electron chi connectivity index (χ2n) is 5.05. The molecule has 0 heterocycles. The summed E-state index contributed by atoms with van der Waals surface area (Å²) in [7, 11) is 1.67.